The molecule has 0 bridgehead atoms. The van der Waals surface area contributed by atoms with Crippen LogP contribution in [0.15, 0.2) is 41.3 Å². The van der Waals surface area contributed by atoms with E-state index >= 15 is 0 Å². The molecular formula is C15H15Cl2N3O5S. The first kappa shape index (κ1) is 20.4. The monoisotopic (exact) mass is 419 g/mol. The van der Waals surface area contributed by atoms with Crippen molar-refractivity contribution in [1.29, 1.82) is 0 Å². The largest absolute Gasteiger partial charge is 0.387 e. The number of rotatable bonds is 7. The number of aliphatic hydroxyl groups excluding tert-OH is 1. The molecule has 8 nitrogen and oxygen atoms in total. The van der Waals surface area contributed by atoms with E-state index in [1.54, 1.807) is 0 Å². The predicted molar refractivity (Wildman–Crippen MR) is 99.3 cm³/mol. The summed E-state index contributed by atoms with van der Waals surface area (Å²) in [7, 11) is -2.61. The lowest BCUT2D eigenvalue weighted by molar-refractivity contribution is -0.384. The number of nitro groups is 1. The van der Waals surface area contributed by atoms with Gasteiger partial charge in [0, 0.05) is 22.7 Å². The fourth-order valence-electron chi connectivity index (χ4n) is 2.19. The minimum absolute atomic E-state index is 0.0669. The number of halogens is 2. The first-order chi connectivity index (χ1) is 12.1. The van der Waals surface area contributed by atoms with Gasteiger partial charge in [0.1, 0.15) is 5.69 Å². The number of sulfonamides is 1. The fourth-order valence-corrected chi connectivity index (χ4v) is 3.48. The Morgan fingerprint density at radius 2 is 1.81 bits per heavy atom. The van der Waals surface area contributed by atoms with Crippen LogP contribution in [0, 0.1) is 10.1 Å². The van der Waals surface area contributed by atoms with Crippen molar-refractivity contribution in [1.82, 2.24) is 4.72 Å². The molecule has 0 aliphatic carbocycles. The van der Waals surface area contributed by atoms with E-state index in [0.717, 1.165) is 6.07 Å². The number of nitrogens with one attached hydrogen (secondary N) is 2. The van der Waals surface area contributed by atoms with Gasteiger partial charge >= 0.3 is 0 Å². The molecule has 1 unspecified atom stereocenters. The lowest BCUT2D eigenvalue weighted by Crippen LogP contribution is -2.19. The van der Waals surface area contributed by atoms with Gasteiger partial charge in [-0.05, 0) is 42.9 Å². The molecule has 2 aromatic carbocycles. The van der Waals surface area contributed by atoms with Crippen molar-refractivity contribution >= 4 is 44.6 Å². The Kier molecular flexibility index (Phi) is 6.43. The van der Waals surface area contributed by atoms with Crippen LogP contribution in [-0.2, 0) is 10.0 Å². The molecule has 140 valence electrons. The standard InChI is InChI=1S/C15H15Cl2N3O5S/c1-18-26(24,25)12-2-3-13(14(7-12)20(22)23)19-8-15(21)9-4-10(16)6-11(17)5-9/h2-7,15,18-19,21H,8H2,1H3. The summed E-state index contributed by atoms with van der Waals surface area (Å²) in [5.41, 5.74) is 0.0712. The second-order valence-corrected chi connectivity index (χ2v) is 8.00. The predicted octanol–water partition coefficient (Wildman–Crippen LogP) is 2.96. The highest BCUT2D eigenvalue weighted by molar-refractivity contribution is 7.89. The second-order valence-electron chi connectivity index (χ2n) is 5.24. The van der Waals surface area contributed by atoms with Crippen molar-refractivity contribution in [3.05, 3.63) is 62.1 Å². The van der Waals surface area contributed by atoms with Gasteiger partial charge in [0.05, 0.1) is 15.9 Å². The zero-order chi connectivity index (χ0) is 19.5. The van der Waals surface area contributed by atoms with Crippen LogP contribution in [0.2, 0.25) is 10.0 Å². The lowest BCUT2D eigenvalue weighted by Gasteiger charge is -2.14. The van der Waals surface area contributed by atoms with Crippen molar-refractivity contribution in [2.24, 2.45) is 0 Å². The molecule has 3 N–H and O–H groups in total. The maximum Gasteiger partial charge on any atom is 0.293 e. The molecule has 11 heteroatoms. The summed E-state index contributed by atoms with van der Waals surface area (Å²) in [5, 5.41) is 24.9. The van der Waals surface area contributed by atoms with Crippen LogP contribution in [0.4, 0.5) is 11.4 Å². The molecule has 2 rings (SSSR count). The molecule has 0 saturated heterocycles. The Labute approximate surface area is 159 Å². The van der Waals surface area contributed by atoms with E-state index in [2.05, 4.69) is 10.0 Å². The third kappa shape index (κ3) is 4.83. The summed E-state index contributed by atoms with van der Waals surface area (Å²) in [4.78, 5) is 10.3. The number of aliphatic hydroxyl groups is 1. The highest BCUT2D eigenvalue weighted by Crippen LogP contribution is 2.29. The van der Waals surface area contributed by atoms with Gasteiger partial charge in [0.2, 0.25) is 10.0 Å². The molecule has 0 heterocycles. The molecule has 0 aromatic heterocycles. The van der Waals surface area contributed by atoms with Crippen LogP contribution in [0.5, 0.6) is 0 Å². The van der Waals surface area contributed by atoms with Crippen molar-refractivity contribution < 1.29 is 18.4 Å². The molecule has 26 heavy (non-hydrogen) atoms. The van der Waals surface area contributed by atoms with Gasteiger partial charge < -0.3 is 10.4 Å². The summed E-state index contributed by atoms with van der Waals surface area (Å²) in [6.45, 7) is -0.0738. The number of nitro benzene ring substituents is 1. The van der Waals surface area contributed by atoms with E-state index in [4.69, 9.17) is 23.2 Å². The number of anilines is 1. The Balaban J connectivity index is 2.25. The third-order valence-corrected chi connectivity index (χ3v) is 5.35. The summed E-state index contributed by atoms with van der Waals surface area (Å²) in [5.74, 6) is 0. The quantitative estimate of drug-likeness (QED) is 0.468. The van der Waals surface area contributed by atoms with Gasteiger partial charge in [-0.1, -0.05) is 23.2 Å². The summed E-state index contributed by atoms with van der Waals surface area (Å²) < 4.78 is 25.7. The average Bonchev–Trinajstić information content (AvgIpc) is 2.58. The first-order valence-corrected chi connectivity index (χ1v) is 9.48. The minimum atomic E-state index is -3.82. The topological polar surface area (TPSA) is 122 Å². The molecular weight excluding hydrogens is 405 g/mol. The van der Waals surface area contributed by atoms with Gasteiger partial charge in [-0.25, -0.2) is 13.1 Å². The summed E-state index contributed by atoms with van der Waals surface area (Å²) in [6.07, 6.45) is -1.04. The maximum atomic E-state index is 11.8. The molecule has 0 saturated carbocycles. The van der Waals surface area contributed by atoms with Gasteiger partial charge in [0.25, 0.3) is 5.69 Å². The van der Waals surface area contributed by atoms with Crippen molar-refractivity contribution in [3.8, 4) is 0 Å². The first-order valence-electron chi connectivity index (χ1n) is 7.24. The summed E-state index contributed by atoms with van der Waals surface area (Å²) >= 11 is 11.8. The highest BCUT2D eigenvalue weighted by atomic mass is 35.5. The maximum absolute atomic E-state index is 11.8. The second kappa shape index (κ2) is 8.19. The number of hydrogen-bond acceptors (Lipinski definition) is 6. The lowest BCUT2D eigenvalue weighted by atomic mass is 10.1. The molecule has 2 aromatic rings. The van der Waals surface area contributed by atoms with Crippen LogP contribution in [0.1, 0.15) is 11.7 Å². The van der Waals surface area contributed by atoms with Gasteiger partial charge in [-0.3, -0.25) is 10.1 Å². The van der Waals surface area contributed by atoms with Crippen molar-refractivity contribution in [2.75, 3.05) is 18.9 Å². The van der Waals surface area contributed by atoms with Crippen LogP contribution < -0.4 is 10.0 Å². The fraction of sp³-hybridized carbons (Fsp3) is 0.200. The van der Waals surface area contributed by atoms with Gasteiger partial charge in [0.15, 0.2) is 0 Å². The molecule has 0 spiro atoms. The van der Waals surface area contributed by atoms with E-state index in [-0.39, 0.29) is 17.1 Å². The van der Waals surface area contributed by atoms with E-state index in [1.807, 2.05) is 0 Å². The Hall–Kier alpha value is -1.91. The molecule has 0 aliphatic rings. The van der Waals surface area contributed by atoms with E-state index < -0.39 is 26.7 Å². The van der Waals surface area contributed by atoms with Crippen LogP contribution in [0.25, 0.3) is 0 Å². The zero-order valence-electron chi connectivity index (χ0n) is 13.4. The zero-order valence-corrected chi connectivity index (χ0v) is 15.8. The normalized spacial score (nSPS) is 12.6. The van der Waals surface area contributed by atoms with E-state index in [0.29, 0.717) is 15.6 Å². The summed E-state index contributed by atoms with van der Waals surface area (Å²) in [6, 6.07) is 7.99. The molecule has 0 radical (unpaired) electrons. The van der Waals surface area contributed by atoms with Crippen molar-refractivity contribution in [2.45, 2.75) is 11.0 Å². The molecule has 1 atom stereocenters. The Morgan fingerprint density at radius 1 is 1.19 bits per heavy atom. The molecule has 0 aliphatic heterocycles. The minimum Gasteiger partial charge on any atom is -0.387 e. The van der Waals surface area contributed by atoms with Crippen LogP contribution >= 0.6 is 23.2 Å². The SMILES string of the molecule is CNS(=O)(=O)c1ccc(NCC(O)c2cc(Cl)cc(Cl)c2)c([N+](=O)[O-])c1. The Bertz CT molecular complexity index is 917. The Morgan fingerprint density at radius 3 is 2.35 bits per heavy atom. The highest BCUT2D eigenvalue weighted by Gasteiger charge is 2.21. The van der Waals surface area contributed by atoms with Crippen molar-refractivity contribution in [3.63, 3.8) is 0 Å². The number of hydrogen-bond donors (Lipinski definition) is 3. The van der Waals surface area contributed by atoms with Gasteiger partial charge in [-0.2, -0.15) is 0 Å². The molecule has 0 amide bonds. The van der Waals surface area contributed by atoms with Crippen LogP contribution in [-0.4, -0.2) is 32.0 Å². The van der Waals surface area contributed by atoms with Crippen LogP contribution in [0.3, 0.4) is 0 Å². The smallest absolute Gasteiger partial charge is 0.293 e. The average molecular weight is 420 g/mol. The molecule has 0 fully saturated rings. The van der Waals surface area contributed by atoms with E-state index in [9.17, 15) is 23.6 Å². The van der Waals surface area contributed by atoms with E-state index in [1.165, 1.54) is 37.4 Å². The van der Waals surface area contributed by atoms with Gasteiger partial charge in [-0.15, -0.1) is 0 Å². The number of nitrogens with zero attached hydrogens (tertiary/aromatic N) is 1. The third-order valence-electron chi connectivity index (χ3n) is 3.50. The number of benzene rings is 2.